The molecule has 0 bridgehead atoms. The van der Waals surface area contributed by atoms with Crippen LogP contribution in [0.15, 0.2) is 0 Å². The van der Waals surface area contributed by atoms with Gasteiger partial charge in [-0.3, -0.25) is 4.79 Å². The molecule has 0 saturated carbocycles. The molecule has 3 atom stereocenters. The predicted octanol–water partition coefficient (Wildman–Crippen LogP) is 2.35. The van der Waals surface area contributed by atoms with Crippen LogP contribution in [0.5, 0.6) is 0 Å². The van der Waals surface area contributed by atoms with E-state index in [1.54, 1.807) is 0 Å². The highest BCUT2D eigenvalue weighted by Crippen LogP contribution is 2.40. The first kappa shape index (κ1) is 14.0. The van der Waals surface area contributed by atoms with Crippen molar-refractivity contribution in [2.24, 2.45) is 17.8 Å². The fraction of sp³-hybridized carbons (Fsp3) is 0.933. The lowest BCUT2D eigenvalue weighted by atomic mass is 9.85. The van der Waals surface area contributed by atoms with Crippen LogP contribution in [0.1, 0.15) is 41.5 Å². The lowest BCUT2D eigenvalue weighted by Crippen LogP contribution is -2.40. The number of hydrogen-bond donors (Lipinski definition) is 0. The summed E-state index contributed by atoms with van der Waals surface area (Å²) in [6.07, 6.45) is 0. The van der Waals surface area contributed by atoms with Crippen molar-refractivity contribution in [1.29, 1.82) is 0 Å². The SMILES string of the molecule is CC1CN(CC2C(=O)C(C)(C)OC2(C)C)CC1C. The molecule has 0 N–H and O–H groups in total. The van der Waals surface area contributed by atoms with Gasteiger partial charge in [-0.25, -0.2) is 0 Å². The number of nitrogens with zero attached hydrogens (tertiary/aromatic N) is 1. The van der Waals surface area contributed by atoms with E-state index in [2.05, 4.69) is 18.7 Å². The van der Waals surface area contributed by atoms with Gasteiger partial charge in [-0.15, -0.1) is 0 Å². The Balaban J connectivity index is 2.07. The second-order valence-corrected chi connectivity index (χ2v) is 7.31. The van der Waals surface area contributed by atoms with Gasteiger partial charge >= 0.3 is 0 Å². The van der Waals surface area contributed by atoms with Gasteiger partial charge in [-0.05, 0) is 39.5 Å². The first-order valence-electron chi connectivity index (χ1n) is 7.10. The quantitative estimate of drug-likeness (QED) is 0.756. The monoisotopic (exact) mass is 253 g/mol. The summed E-state index contributed by atoms with van der Waals surface area (Å²) < 4.78 is 5.95. The minimum atomic E-state index is -0.620. The maximum absolute atomic E-state index is 12.4. The molecule has 0 amide bonds. The summed E-state index contributed by atoms with van der Waals surface area (Å²) in [6.45, 7) is 15.6. The van der Waals surface area contributed by atoms with Crippen molar-refractivity contribution in [3.05, 3.63) is 0 Å². The van der Waals surface area contributed by atoms with Gasteiger partial charge in [0.2, 0.25) is 0 Å². The molecule has 0 aromatic rings. The van der Waals surface area contributed by atoms with Crippen LogP contribution < -0.4 is 0 Å². The van der Waals surface area contributed by atoms with Crippen LogP contribution in [-0.4, -0.2) is 41.5 Å². The number of rotatable bonds is 2. The van der Waals surface area contributed by atoms with Gasteiger partial charge < -0.3 is 9.64 Å². The van der Waals surface area contributed by atoms with Crippen molar-refractivity contribution >= 4 is 5.78 Å². The van der Waals surface area contributed by atoms with Crippen LogP contribution in [-0.2, 0) is 9.53 Å². The molecule has 2 fully saturated rings. The Morgan fingerprint density at radius 1 is 1.17 bits per heavy atom. The van der Waals surface area contributed by atoms with Crippen LogP contribution >= 0.6 is 0 Å². The predicted molar refractivity (Wildman–Crippen MR) is 72.5 cm³/mol. The highest BCUT2D eigenvalue weighted by atomic mass is 16.5. The van der Waals surface area contributed by atoms with Gasteiger partial charge in [0.1, 0.15) is 5.60 Å². The second kappa shape index (κ2) is 4.31. The topological polar surface area (TPSA) is 29.5 Å². The third kappa shape index (κ3) is 2.35. The number of carbonyl (C=O) groups excluding carboxylic acids is 1. The van der Waals surface area contributed by atoms with Gasteiger partial charge in [0.15, 0.2) is 5.78 Å². The molecule has 104 valence electrons. The normalized spacial score (nSPS) is 39.4. The van der Waals surface area contributed by atoms with E-state index in [0.717, 1.165) is 31.5 Å². The molecule has 0 radical (unpaired) electrons. The molecule has 2 heterocycles. The maximum Gasteiger partial charge on any atom is 0.171 e. The van der Waals surface area contributed by atoms with Crippen LogP contribution in [0.4, 0.5) is 0 Å². The zero-order valence-electron chi connectivity index (χ0n) is 12.6. The summed E-state index contributed by atoms with van der Waals surface area (Å²) in [6, 6.07) is 0. The molecular weight excluding hydrogens is 226 g/mol. The molecule has 0 aliphatic carbocycles. The summed E-state index contributed by atoms with van der Waals surface area (Å²) >= 11 is 0. The van der Waals surface area contributed by atoms with Crippen molar-refractivity contribution < 1.29 is 9.53 Å². The smallest absolute Gasteiger partial charge is 0.171 e. The zero-order valence-corrected chi connectivity index (χ0v) is 12.6. The molecule has 18 heavy (non-hydrogen) atoms. The van der Waals surface area contributed by atoms with E-state index in [9.17, 15) is 4.79 Å². The molecule has 2 aliphatic heterocycles. The second-order valence-electron chi connectivity index (χ2n) is 7.31. The molecule has 3 unspecified atom stereocenters. The van der Waals surface area contributed by atoms with Gasteiger partial charge in [0.25, 0.3) is 0 Å². The lowest BCUT2D eigenvalue weighted by Gasteiger charge is -2.28. The molecule has 3 heteroatoms. The van der Waals surface area contributed by atoms with Crippen LogP contribution in [0, 0.1) is 17.8 Å². The summed E-state index contributed by atoms with van der Waals surface area (Å²) in [5.74, 6) is 1.74. The van der Waals surface area contributed by atoms with E-state index in [1.807, 2.05) is 27.7 Å². The molecular formula is C15H27NO2. The van der Waals surface area contributed by atoms with E-state index < -0.39 is 5.60 Å². The molecule has 2 aliphatic rings. The third-order valence-corrected chi connectivity index (χ3v) is 4.77. The van der Waals surface area contributed by atoms with Crippen molar-refractivity contribution in [1.82, 2.24) is 4.90 Å². The Hall–Kier alpha value is -0.410. The van der Waals surface area contributed by atoms with E-state index in [-0.39, 0.29) is 17.3 Å². The highest BCUT2D eigenvalue weighted by Gasteiger charge is 2.53. The highest BCUT2D eigenvalue weighted by molar-refractivity contribution is 5.91. The summed E-state index contributed by atoms with van der Waals surface area (Å²) in [7, 11) is 0. The molecule has 2 rings (SSSR count). The summed E-state index contributed by atoms with van der Waals surface area (Å²) in [5.41, 5.74) is -0.958. The molecule has 0 aromatic carbocycles. The summed E-state index contributed by atoms with van der Waals surface area (Å²) in [5, 5.41) is 0. The molecule has 0 spiro atoms. The number of carbonyl (C=O) groups is 1. The fourth-order valence-corrected chi connectivity index (χ4v) is 3.47. The Labute approximate surface area is 111 Å². The number of hydrogen-bond acceptors (Lipinski definition) is 3. The fourth-order valence-electron chi connectivity index (χ4n) is 3.47. The number of ketones is 1. The molecule has 3 nitrogen and oxygen atoms in total. The first-order valence-corrected chi connectivity index (χ1v) is 7.10. The zero-order chi connectivity index (χ0) is 13.7. The Kier molecular flexibility index (Phi) is 3.35. The average Bonchev–Trinajstić information content (AvgIpc) is 2.58. The van der Waals surface area contributed by atoms with Crippen LogP contribution in [0.2, 0.25) is 0 Å². The van der Waals surface area contributed by atoms with Crippen molar-refractivity contribution in [3.8, 4) is 0 Å². The average molecular weight is 253 g/mol. The molecule has 2 saturated heterocycles. The van der Waals surface area contributed by atoms with Gasteiger partial charge in [0, 0.05) is 19.6 Å². The molecule has 0 aromatic heterocycles. The first-order chi connectivity index (χ1) is 8.13. The van der Waals surface area contributed by atoms with Crippen molar-refractivity contribution in [2.75, 3.05) is 19.6 Å². The van der Waals surface area contributed by atoms with Gasteiger partial charge in [0.05, 0.1) is 11.5 Å². The van der Waals surface area contributed by atoms with E-state index in [1.165, 1.54) is 0 Å². The van der Waals surface area contributed by atoms with Crippen LogP contribution in [0.3, 0.4) is 0 Å². The van der Waals surface area contributed by atoms with Crippen molar-refractivity contribution in [3.63, 3.8) is 0 Å². The third-order valence-electron chi connectivity index (χ3n) is 4.77. The standard InChI is InChI=1S/C15H27NO2/c1-10-7-16(8-11(10)2)9-12-13(17)15(5,6)18-14(12,3)4/h10-12H,7-9H2,1-6H3. The van der Waals surface area contributed by atoms with E-state index >= 15 is 0 Å². The van der Waals surface area contributed by atoms with Gasteiger partial charge in [-0.1, -0.05) is 13.8 Å². The largest absolute Gasteiger partial charge is 0.361 e. The number of likely N-dealkylation sites (tertiary alicyclic amines) is 1. The van der Waals surface area contributed by atoms with Gasteiger partial charge in [-0.2, -0.15) is 0 Å². The number of Topliss-reactive ketones (excluding diaryl/α,β-unsaturated/α-hetero) is 1. The van der Waals surface area contributed by atoms with E-state index in [4.69, 9.17) is 4.74 Å². The summed E-state index contributed by atoms with van der Waals surface area (Å²) in [4.78, 5) is 14.9. The maximum atomic E-state index is 12.4. The lowest BCUT2D eigenvalue weighted by molar-refractivity contribution is -0.132. The minimum absolute atomic E-state index is 0.00463. The number of ether oxygens (including phenoxy) is 1. The van der Waals surface area contributed by atoms with E-state index in [0.29, 0.717) is 0 Å². The van der Waals surface area contributed by atoms with Crippen LogP contribution in [0.25, 0.3) is 0 Å². The Bertz CT molecular complexity index is 338. The Morgan fingerprint density at radius 2 is 1.67 bits per heavy atom. The van der Waals surface area contributed by atoms with Crippen molar-refractivity contribution in [2.45, 2.75) is 52.7 Å². The Morgan fingerprint density at radius 3 is 2.06 bits per heavy atom. The minimum Gasteiger partial charge on any atom is -0.361 e.